The molecule has 0 spiro atoms. The van der Waals surface area contributed by atoms with Gasteiger partial charge in [-0.25, -0.2) is 0 Å². The van der Waals surface area contributed by atoms with Gasteiger partial charge in [0.15, 0.2) is 23.0 Å². The van der Waals surface area contributed by atoms with Gasteiger partial charge in [0, 0.05) is 11.1 Å². The second-order valence-corrected chi connectivity index (χ2v) is 5.71. The van der Waals surface area contributed by atoms with E-state index in [9.17, 15) is 5.11 Å². The summed E-state index contributed by atoms with van der Waals surface area (Å²) in [5.41, 5.74) is 1.81. The van der Waals surface area contributed by atoms with Crippen LogP contribution in [0.3, 0.4) is 0 Å². The molecule has 2 aliphatic rings. The smallest absolute Gasteiger partial charge is 0.203 e. The topological polar surface area (TPSA) is 66.4 Å². The van der Waals surface area contributed by atoms with Crippen molar-refractivity contribution in [1.29, 1.82) is 0 Å². The molecule has 0 amide bonds. The van der Waals surface area contributed by atoms with Crippen LogP contribution in [0.15, 0.2) is 24.3 Å². The fourth-order valence-corrected chi connectivity index (χ4v) is 3.44. The summed E-state index contributed by atoms with van der Waals surface area (Å²) in [6.45, 7) is 0.404. The average molecular weight is 330 g/mol. The van der Waals surface area contributed by atoms with Crippen LogP contribution in [0, 0.1) is 0 Å². The van der Waals surface area contributed by atoms with E-state index < -0.39 is 0 Å². The molecule has 0 saturated carbocycles. The molecular weight excluding hydrogens is 312 g/mol. The van der Waals surface area contributed by atoms with Gasteiger partial charge in [-0.2, -0.15) is 0 Å². The number of phenolic OH excluding ortho intramolecular Hbond substituents is 1. The Bertz CT molecular complexity index is 801. The Labute approximate surface area is 139 Å². The Morgan fingerprint density at radius 2 is 1.62 bits per heavy atom. The summed E-state index contributed by atoms with van der Waals surface area (Å²) >= 11 is 0. The number of fused-ring (bicyclic) bond motifs is 5. The van der Waals surface area contributed by atoms with Gasteiger partial charge in [0.25, 0.3) is 0 Å². The third kappa shape index (κ3) is 1.89. The Kier molecular flexibility index (Phi) is 3.33. The molecule has 6 nitrogen and oxygen atoms in total. The maximum Gasteiger partial charge on any atom is 0.203 e. The lowest BCUT2D eigenvalue weighted by Gasteiger charge is -2.28. The van der Waals surface area contributed by atoms with Crippen LogP contribution in [0.25, 0.3) is 0 Å². The van der Waals surface area contributed by atoms with E-state index >= 15 is 0 Å². The van der Waals surface area contributed by atoms with Crippen molar-refractivity contribution in [3.8, 4) is 34.5 Å². The van der Waals surface area contributed by atoms with E-state index in [1.54, 1.807) is 20.3 Å². The van der Waals surface area contributed by atoms with Crippen molar-refractivity contribution in [2.24, 2.45) is 0 Å². The van der Waals surface area contributed by atoms with Crippen molar-refractivity contribution < 1.29 is 28.8 Å². The van der Waals surface area contributed by atoms with Crippen molar-refractivity contribution in [2.45, 2.75) is 12.0 Å². The number of rotatable bonds is 3. The molecule has 6 heteroatoms. The molecule has 0 aliphatic carbocycles. The molecule has 2 aliphatic heterocycles. The lowest BCUT2D eigenvalue weighted by Crippen LogP contribution is -2.23. The van der Waals surface area contributed by atoms with E-state index in [0.717, 1.165) is 11.1 Å². The standard InChI is InChI=1S/C18H18O6/c1-20-12-6-5-10-15-11(8-23-16(10)14(12)19)9-4-7-13(21-2)18(22-3)17(9)24-15/h4-7,11,15,19H,8H2,1-3H3/t11-,15+/m1/s1. The summed E-state index contributed by atoms with van der Waals surface area (Å²) in [4.78, 5) is 0. The fourth-order valence-electron chi connectivity index (χ4n) is 3.44. The zero-order valence-corrected chi connectivity index (χ0v) is 13.7. The molecule has 2 aromatic rings. The second kappa shape index (κ2) is 5.40. The summed E-state index contributed by atoms with van der Waals surface area (Å²) in [7, 11) is 4.69. The highest BCUT2D eigenvalue weighted by Crippen LogP contribution is 2.58. The molecule has 0 aromatic heterocycles. The zero-order valence-electron chi connectivity index (χ0n) is 13.7. The number of ether oxygens (including phenoxy) is 5. The third-order valence-corrected chi connectivity index (χ3v) is 4.60. The minimum absolute atomic E-state index is 0.00227. The Balaban J connectivity index is 1.81. The Morgan fingerprint density at radius 3 is 2.33 bits per heavy atom. The second-order valence-electron chi connectivity index (χ2n) is 5.71. The molecule has 0 fully saturated rings. The maximum absolute atomic E-state index is 10.3. The summed E-state index contributed by atoms with van der Waals surface area (Å²) in [5.74, 6) is 2.67. The van der Waals surface area contributed by atoms with Gasteiger partial charge < -0.3 is 28.8 Å². The monoisotopic (exact) mass is 330 g/mol. The highest BCUT2D eigenvalue weighted by molar-refractivity contribution is 5.63. The molecular formula is C18H18O6. The molecule has 0 radical (unpaired) electrons. The molecule has 4 rings (SSSR count). The Hall–Kier alpha value is -2.76. The van der Waals surface area contributed by atoms with Crippen molar-refractivity contribution in [3.63, 3.8) is 0 Å². The summed E-state index contributed by atoms with van der Waals surface area (Å²) in [6.07, 6.45) is -0.249. The molecule has 0 unspecified atom stereocenters. The first-order chi connectivity index (χ1) is 11.7. The zero-order chi connectivity index (χ0) is 16.8. The lowest BCUT2D eigenvalue weighted by molar-refractivity contribution is 0.133. The van der Waals surface area contributed by atoms with Gasteiger partial charge in [-0.05, 0) is 18.2 Å². The highest BCUT2D eigenvalue weighted by atomic mass is 16.5. The quantitative estimate of drug-likeness (QED) is 0.933. The molecule has 126 valence electrons. The van der Waals surface area contributed by atoms with Crippen LogP contribution < -0.4 is 23.7 Å². The average Bonchev–Trinajstić information content (AvgIpc) is 3.00. The largest absolute Gasteiger partial charge is 0.502 e. The van der Waals surface area contributed by atoms with Crippen LogP contribution in [0.2, 0.25) is 0 Å². The van der Waals surface area contributed by atoms with E-state index in [4.69, 9.17) is 23.7 Å². The fraction of sp³-hybridized carbons (Fsp3) is 0.333. The number of aromatic hydroxyl groups is 1. The number of hydrogen-bond acceptors (Lipinski definition) is 6. The molecule has 2 aromatic carbocycles. The molecule has 0 bridgehead atoms. The lowest BCUT2D eigenvalue weighted by atomic mass is 9.89. The Morgan fingerprint density at radius 1 is 0.917 bits per heavy atom. The van der Waals surface area contributed by atoms with Crippen LogP contribution in [-0.4, -0.2) is 33.0 Å². The van der Waals surface area contributed by atoms with Crippen LogP contribution in [0.5, 0.6) is 34.5 Å². The summed E-state index contributed by atoms with van der Waals surface area (Å²) < 4.78 is 28.0. The van der Waals surface area contributed by atoms with Crippen molar-refractivity contribution in [2.75, 3.05) is 27.9 Å². The first-order valence-corrected chi connectivity index (χ1v) is 7.63. The predicted octanol–water partition coefficient (Wildman–Crippen LogP) is 3.03. The van der Waals surface area contributed by atoms with E-state index in [-0.39, 0.29) is 17.8 Å². The SMILES string of the molecule is COc1ccc2c(c1O)OC[C@@H]1c3ccc(OC)c(OC)c3O[C@@H]21. The minimum Gasteiger partial charge on any atom is -0.502 e. The molecule has 2 heterocycles. The van der Waals surface area contributed by atoms with E-state index in [1.165, 1.54) is 7.11 Å². The van der Waals surface area contributed by atoms with Crippen molar-refractivity contribution in [1.82, 2.24) is 0 Å². The van der Waals surface area contributed by atoms with Crippen molar-refractivity contribution >= 4 is 0 Å². The number of benzene rings is 2. The van der Waals surface area contributed by atoms with Gasteiger partial charge >= 0.3 is 0 Å². The van der Waals surface area contributed by atoms with Gasteiger partial charge in [-0.3, -0.25) is 0 Å². The van der Waals surface area contributed by atoms with Crippen LogP contribution in [0.4, 0.5) is 0 Å². The van der Waals surface area contributed by atoms with Gasteiger partial charge in [-0.1, -0.05) is 6.07 Å². The summed E-state index contributed by atoms with van der Waals surface area (Å²) in [5, 5.41) is 10.3. The number of methoxy groups -OCH3 is 3. The van der Waals surface area contributed by atoms with Gasteiger partial charge in [0.1, 0.15) is 6.10 Å². The molecule has 2 atom stereocenters. The first-order valence-electron chi connectivity index (χ1n) is 7.63. The highest BCUT2D eigenvalue weighted by Gasteiger charge is 2.44. The van der Waals surface area contributed by atoms with Crippen LogP contribution >= 0.6 is 0 Å². The van der Waals surface area contributed by atoms with E-state index in [0.29, 0.717) is 35.4 Å². The number of phenols is 1. The maximum atomic E-state index is 10.3. The van der Waals surface area contributed by atoms with Crippen LogP contribution in [-0.2, 0) is 0 Å². The molecule has 0 saturated heterocycles. The third-order valence-electron chi connectivity index (χ3n) is 4.60. The van der Waals surface area contributed by atoms with Crippen molar-refractivity contribution in [3.05, 3.63) is 35.4 Å². The molecule has 1 N–H and O–H groups in total. The molecule has 24 heavy (non-hydrogen) atoms. The summed E-state index contributed by atoms with van der Waals surface area (Å²) in [6, 6.07) is 7.41. The van der Waals surface area contributed by atoms with E-state index in [1.807, 2.05) is 18.2 Å². The predicted molar refractivity (Wildman–Crippen MR) is 85.8 cm³/mol. The normalized spacial score (nSPS) is 20.1. The van der Waals surface area contributed by atoms with E-state index in [2.05, 4.69) is 0 Å². The van der Waals surface area contributed by atoms with Gasteiger partial charge in [0.05, 0.1) is 33.9 Å². The van der Waals surface area contributed by atoms with Crippen LogP contribution in [0.1, 0.15) is 23.1 Å². The van der Waals surface area contributed by atoms with Gasteiger partial charge in [-0.15, -0.1) is 0 Å². The number of hydrogen-bond donors (Lipinski definition) is 1. The first kappa shape index (κ1) is 14.8. The minimum atomic E-state index is -0.249. The van der Waals surface area contributed by atoms with Gasteiger partial charge in [0.2, 0.25) is 11.5 Å².